The van der Waals surface area contributed by atoms with Crippen molar-refractivity contribution in [2.75, 3.05) is 27.2 Å². The van der Waals surface area contributed by atoms with Gasteiger partial charge in [0.25, 0.3) is 0 Å². The van der Waals surface area contributed by atoms with Gasteiger partial charge in [-0.05, 0) is 43.7 Å². The van der Waals surface area contributed by atoms with Crippen molar-refractivity contribution in [3.8, 4) is 5.75 Å². The van der Waals surface area contributed by atoms with Gasteiger partial charge in [0.2, 0.25) is 15.9 Å². The molecule has 7 heteroatoms. The van der Waals surface area contributed by atoms with Crippen LogP contribution in [-0.2, 0) is 14.8 Å². The van der Waals surface area contributed by atoms with Crippen molar-refractivity contribution >= 4 is 22.0 Å². The smallest absolute Gasteiger partial charge is 0.246 e. The molecule has 24 heavy (non-hydrogen) atoms. The molecule has 0 unspecified atom stereocenters. The molecule has 0 aliphatic heterocycles. The average molecular weight is 354 g/mol. The summed E-state index contributed by atoms with van der Waals surface area (Å²) >= 11 is 0. The fourth-order valence-corrected chi connectivity index (χ4v) is 3.19. The van der Waals surface area contributed by atoms with Crippen molar-refractivity contribution in [3.05, 3.63) is 29.8 Å². The number of nitrogens with zero attached hydrogens (tertiary/aromatic N) is 1. The molecule has 0 aromatic heterocycles. The molecule has 6 nitrogen and oxygen atoms in total. The number of ether oxygens (including phenoxy) is 1. The Morgan fingerprint density at radius 3 is 2.38 bits per heavy atom. The van der Waals surface area contributed by atoms with Gasteiger partial charge in [0.15, 0.2) is 0 Å². The maximum absolute atomic E-state index is 12.2. The normalized spacial score (nSPS) is 11.7. The van der Waals surface area contributed by atoms with Gasteiger partial charge in [-0.2, -0.15) is 0 Å². The lowest BCUT2D eigenvalue weighted by Crippen LogP contribution is -2.30. The number of hydrogen-bond acceptors (Lipinski definition) is 4. The van der Waals surface area contributed by atoms with Gasteiger partial charge in [-0.15, -0.1) is 0 Å². The number of methoxy groups -OCH3 is 1. The van der Waals surface area contributed by atoms with E-state index in [-0.39, 0.29) is 16.6 Å². The highest BCUT2D eigenvalue weighted by Crippen LogP contribution is 2.25. The zero-order valence-corrected chi connectivity index (χ0v) is 15.5. The van der Waals surface area contributed by atoms with Crippen LogP contribution in [0.15, 0.2) is 29.2 Å². The van der Waals surface area contributed by atoms with Crippen molar-refractivity contribution in [1.29, 1.82) is 0 Å². The molecule has 1 aromatic rings. The summed E-state index contributed by atoms with van der Waals surface area (Å²) in [6, 6.07) is 4.77. The van der Waals surface area contributed by atoms with Crippen LogP contribution in [0.4, 0.5) is 0 Å². The van der Waals surface area contributed by atoms with E-state index in [1.165, 1.54) is 26.3 Å². The number of nitrogens with one attached hydrogen (secondary N) is 1. The standard InChI is InChI=1S/C17H26N2O4S/c1-5-11-19(12-6-2)17(20)10-8-14-7-9-15(23-4)16(13-14)24(21,22)18-3/h7-10,13,18H,5-6,11-12H2,1-4H3/b10-8+. The van der Waals surface area contributed by atoms with Crippen LogP contribution < -0.4 is 9.46 Å². The molecular formula is C17H26N2O4S. The van der Waals surface area contributed by atoms with Crippen LogP contribution in [0.2, 0.25) is 0 Å². The van der Waals surface area contributed by atoms with E-state index in [0.717, 1.165) is 12.8 Å². The van der Waals surface area contributed by atoms with Crippen LogP contribution in [0.5, 0.6) is 5.75 Å². The summed E-state index contributed by atoms with van der Waals surface area (Å²) in [6.45, 7) is 5.47. The number of carbonyl (C=O) groups excluding carboxylic acids is 1. The van der Waals surface area contributed by atoms with Crippen LogP contribution in [0.1, 0.15) is 32.3 Å². The summed E-state index contributed by atoms with van der Waals surface area (Å²) in [4.78, 5) is 14.1. The zero-order chi connectivity index (χ0) is 18.2. The molecule has 1 N–H and O–H groups in total. The van der Waals surface area contributed by atoms with E-state index >= 15 is 0 Å². The highest BCUT2D eigenvalue weighted by atomic mass is 32.2. The Morgan fingerprint density at radius 2 is 1.88 bits per heavy atom. The third-order valence-corrected chi connectivity index (χ3v) is 4.90. The van der Waals surface area contributed by atoms with Crippen molar-refractivity contribution in [2.45, 2.75) is 31.6 Å². The lowest BCUT2D eigenvalue weighted by molar-refractivity contribution is -0.126. The van der Waals surface area contributed by atoms with Gasteiger partial charge in [-0.3, -0.25) is 4.79 Å². The van der Waals surface area contributed by atoms with E-state index in [2.05, 4.69) is 4.72 Å². The third kappa shape index (κ3) is 5.35. The average Bonchev–Trinajstić information content (AvgIpc) is 2.59. The molecule has 0 aliphatic rings. The largest absolute Gasteiger partial charge is 0.495 e. The molecule has 0 radical (unpaired) electrons. The Morgan fingerprint density at radius 1 is 1.25 bits per heavy atom. The fourth-order valence-electron chi connectivity index (χ4n) is 2.26. The highest BCUT2D eigenvalue weighted by molar-refractivity contribution is 7.89. The van der Waals surface area contributed by atoms with E-state index in [9.17, 15) is 13.2 Å². The summed E-state index contributed by atoms with van der Waals surface area (Å²) < 4.78 is 31.5. The van der Waals surface area contributed by atoms with E-state index < -0.39 is 10.0 Å². The minimum absolute atomic E-state index is 0.0427. The predicted octanol–water partition coefficient (Wildman–Crippen LogP) is 2.27. The molecular weight excluding hydrogens is 328 g/mol. The second-order valence-corrected chi connectivity index (χ2v) is 7.13. The first-order valence-electron chi connectivity index (χ1n) is 7.98. The van der Waals surface area contributed by atoms with Crippen molar-refractivity contribution in [3.63, 3.8) is 0 Å². The molecule has 0 heterocycles. The lowest BCUT2D eigenvalue weighted by atomic mass is 10.2. The van der Waals surface area contributed by atoms with E-state index in [1.807, 2.05) is 13.8 Å². The monoisotopic (exact) mass is 354 g/mol. The molecule has 1 amide bonds. The molecule has 0 atom stereocenters. The van der Waals surface area contributed by atoms with Gasteiger partial charge in [0, 0.05) is 19.2 Å². The fraction of sp³-hybridized carbons (Fsp3) is 0.471. The number of hydrogen-bond donors (Lipinski definition) is 1. The second kappa shape index (κ2) is 9.44. The van der Waals surface area contributed by atoms with Gasteiger partial charge in [-0.1, -0.05) is 19.9 Å². The maximum Gasteiger partial charge on any atom is 0.246 e. The van der Waals surface area contributed by atoms with Crippen molar-refractivity contribution in [2.24, 2.45) is 0 Å². The van der Waals surface area contributed by atoms with Crippen LogP contribution in [0, 0.1) is 0 Å². The van der Waals surface area contributed by atoms with E-state index in [4.69, 9.17) is 4.74 Å². The quantitative estimate of drug-likeness (QED) is 0.690. The van der Waals surface area contributed by atoms with E-state index in [1.54, 1.807) is 23.1 Å². The molecule has 0 saturated heterocycles. The Hall–Kier alpha value is -1.86. The van der Waals surface area contributed by atoms with Crippen molar-refractivity contribution in [1.82, 2.24) is 9.62 Å². The molecule has 134 valence electrons. The SMILES string of the molecule is CCCN(CCC)C(=O)/C=C/c1ccc(OC)c(S(=O)(=O)NC)c1. The summed E-state index contributed by atoms with van der Waals surface area (Å²) in [6.07, 6.45) is 4.89. The van der Waals surface area contributed by atoms with Crippen LogP contribution >= 0.6 is 0 Å². The molecule has 0 spiro atoms. The highest BCUT2D eigenvalue weighted by Gasteiger charge is 2.17. The van der Waals surface area contributed by atoms with Gasteiger partial charge >= 0.3 is 0 Å². The van der Waals surface area contributed by atoms with Gasteiger partial charge in [0.05, 0.1) is 7.11 Å². The minimum atomic E-state index is -3.64. The maximum atomic E-state index is 12.2. The number of rotatable bonds is 9. The number of amides is 1. The predicted molar refractivity (Wildman–Crippen MR) is 95.4 cm³/mol. The number of carbonyl (C=O) groups is 1. The first-order chi connectivity index (χ1) is 11.4. The molecule has 1 aromatic carbocycles. The van der Waals surface area contributed by atoms with E-state index in [0.29, 0.717) is 18.7 Å². The Kier molecular flexibility index (Phi) is 7.94. The van der Waals surface area contributed by atoms with Crippen molar-refractivity contribution < 1.29 is 17.9 Å². The van der Waals surface area contributed by atoms with Crippen LogP contribution in [-0.4, -0.2) is 46.5 Å². The summed E-state index contributed by atoms with van der Waals surface area (Å²) in [5, 5.41) is 0. The molecule has 0 aliphatic carbocycles. The third-order valence-electron chi connectivity index (χ3n) is 3.46. The van der Waals surface area contributed by atoms with Gasteiger partial charge in [0.1, 0.15) is 10.6 Å². The second-order valence-electron chi connectivity index (χ2n) is 5.28. The number of benzene rings is 1. The summed E-state index contributed by atoms with van der Waals surface area (Å²) in [5.41, 5.74) is 0.617. The Labute approximate surface area is 144 Å². The molecule has 0 bridgehead atoms. The molecule has 1 rings (SSSR count). The first-order valence-corrected chi connectivity index (χ1v) is 9.46. The zero-order valence-electron chi connectivity index (χ0n) is 14.7. The Balaban J connectivity index is 3.07. The van der Waals surface area contributed by atoms with Crippen LogP contribution in [0.25, 0.3) is 6.08 Å². The minimum Gasteiger partial charge on any atom is -0.495 e. The van der Waals surface area contributed by atoms with Crippen LogP contribution in [0.3, 0.4) is 0 Å². The summed E-state index contributed by atoms with van der Waals surface area (Å²) in [7, 11) is -0.885. The molecule has 0 saturated carbocycles. The van der Waals surface area contributed by atoms with Gasteiger partial charge < -0.3 is 9.64 Å². The topological polar surface area (TPSA) is 75.7 Å². The number of sulfonamides is 1. The lowest BCUT2D eigenvalue weighted by Gasteiger charge is -2.19. The van der Waals surface area contributed by atoms with Gasteiger partial charge in [-0.25, -0.2) is 13.1 Å². The summed E-state index contributed by atoms with van der Waals surface area (Å²) in [5.74, 6) is 0.180. The Bertz CT molecular complexity index is 678. The first kappa shape index (κ1) is 20.2. The molecule has 0 fully saturated rings.